The fraction of sp³-hybridized carbons (Fsp3) is 0.167. The third kappa shape index (κ3) is 1.46. The maximum Gasteiger partial charge on any atom is 0.196 e. The van der Waals surface area contributed by atoms with Gasteiger partial charge in [-0.25, -0.2) is 0 Å². The van der Waals surface area contributed by atoms with Crippen LogP contribution in [0, 0.1) is 6.92 Å². The number of benzene rings is 1. The Hall–Kier alpha value is -1.90. The summed E-state index contributed by atoms with van der Waals surface area (Å²) in [6, 6.07) is 6.91. The van der Waals surface area contributed by atoms with E-state index in [1.165, 1.54) is 6.92 Å². The molecule has 1 heterocycles. The van der Waals surface area contributed by atoms with Gasteiger partial charge in [-0.1, -0.05) is 12.1 Å². The molecule has 0 amide bonds. The zero-order chi connectivity index (χ0) is 11.0. The summed E-state index contributed by atoms with van der Waals surface area (Å²) < 4.78 is 5.39. The van der Waals surface area contributed by atoms with Crippen LogP contribution in [0.3, 0.4) is 0 Å². The highest BCUT2D eigenvalue weighted by atomic mass is 16.3. The SMILES string of the molecule is CC(=O)c1oc2ccccc2c(=O)c1C. The van der Waals surface area contributed by atoms with Crippen LogP contribution in [-0.2, 0) is 0 Å². The molecule has 0 radical (unpaired) electrons. The predicted octanol–water partition coefficient (Wildman–Crippen LogP) is 2.30. The molecular formula is C12H10O3. The molecule has 0 N–H and O–H groups in total. The van der Waals surface area contributed by atoms with Gasteiger partial charge < -0.3 is 4.42 Å². The van der Waals surface area contributed by atoms with Crippen molar-refractivity contribution in [1.29, 1.82) is 0 Å². The summed E-state index contributed by atoms with van der Waals surface area (Å²) in [6.07, 6.45) is 0. The number of Topliss-reactive ketones (excluding diaryl/α,β-unsaturated/α-hetero) is 1. The van der Waals surface area contributed by atoms with E-state index in [4.69, 9.17) is 4.42 Å². The number of ketones is 1. The van der Waals surface area contributed by atoms with Gasteiger partial charge in [0.1, 0.15) is 5.58 Å². The lowest BCUT2D eigenvalue weighted by atomic mass is 10.1. The number of carbonyl (C=O) groups excluding carboxylic acids is 1. The smallest absolute Gasteiger partial charge is 0.196 e. The molecule has 2 aromatic rings. The molecule has 1 aromatic carbocycles. The summed E-state index contributed by atoms with van der Waals surface area (Å²) in [6.45, 7) is 3.00. The van der Waals surface area contributed by atoms with Gasteiger partial charge in [0.05, 0.1) is 5.39 Å². The second-order valence-electron chi connectivity index (χ2n) is 3.44. The average molecular weight is 202 g/mol. The van der Waals surface area contributed by atoms with Crippen molar-refractivity contribution in [1.82, 2.24) is 0 Å². The summed E-state index contributed by atoms with van der Waals surface area (Å²) in [4.78, 5) is 23.1. The first-order chi connectivity index (χ1) is 7.11. The lowest BCUT2D eigenvalue weighted by Crippen LogP contribution is -2.11. The Bertz CT molecular complexity index is 593. The van der Waals surface area contributed by atoms with Gasteiger partial charge in [0.2, 0.25) is 0 Å². The summed E-state index contributed by atoms with van der Waals surface area (Å²) in [5, 5.41) is 0.514. The molecular weight excluding hydrogens is 192 g/mol. The number of hydrogen-bond donors (Lipinski definition) is 0. The van der Waals surface area contributed by atoms with E-state index in [0.29, 0.717) is 16.5 Å². The van der Waals surface area contributed by atoms with E-state index in [1.807, 2.05) is 0 Å². The van der Waals surface area contributed by atoms with Gasteiger partial charge >= 0.3 is 0 Å². The third-order valence-electron chi connectivity index (χ3n) is 2.34. The van der Waals surface area contributed by atoms with Crippen LogP contribution in [0.15, 0.2) is 33.5 Å². The van der Waals surface area contributed by atoms with Crippen LogP contribution in [0.5, 0.6) is 0 Å². The number of fused-ring (bicyclic) bond motifs is 1. The molecule has 0 fully saturated rings. The molecule has 0 aliphatic carbocycles. The van der Waals surface area contributed by atoms with Crippen molar-refractivity contribution in [3.63, 3.8) is 0 Å². The Morgan fingerprint density at radius 2 is 1.93 bits per heavy atom. The van der Waals surface area contributed by atoms with Gasteiger partial charge in [0.15, 0.2) is 17.0 Å². The fourth-order valence-corrected chi connectivity index (χ4v) is 1.57. The minimum Gasteiger partial charge on any atom is -0.452 e. The predicted molar refractivity (Wildman–Crippen MR) is 57.2 cm³/mol. The molecule has 0 unspecified atom stereocenters. The van der Waals surface area contributed by atoms with E-state index in [2.05, 4.69) is 0 Å². The molecule has 76 valence electrons. The van der Waals surface area contributed by atoms with Crippen molar-refractivity contribution < 1.29 is 9.21 Å². The van der Waals surface area contributed by atoms with Crippen LogP contribution in [0.4, 0.5) is 0 Å². The second kappa shape index (κ2) is 3.35. The van der Waals surface area contributed by atoms with Crippen LogP contribution < -0.4 is 5.43 Å². The highest BCUT2D eigenvalue weighted by molar-refractivity contribution is 5.94. The maximum absolute atomic E-state index is 11.8. The van der Waals surface area contributed by atoms with Gasteiger partial charge in [-0.3, -0.25) is 9.59 Å². The van der Waals surface area contributed by atoms with Crippen LogP contribution in [0.25, 0.3) is 11.0 Å². The first-order valence-corrected chi connectivity index (χ1v) is 4.64. The number of para-hydroxylation sites is 1. The van der Waals surface area contributed by atoms with Crippen LogP contribution in [-0.4, -0.2) is 5.78 Å². The zero-order valence-corrected chi connectivity index (χ0v) is 8.53. The highest BCUT2D eigenvalue weighted by Crippen LogP contribution is 2.15. The van der Waals surface area contributed by atoms with Crippen LogP contribution >= 0.6 is 0 Å². The molecule has 0 saturated carbocycles. The van der Waals surface area contributed by atoms with Crippen molar-refractivity contribution in [2.45, 2.75) is 13.8 Å². The van der Waals surface area contributed by atoms with Gasteiger partial charge in [0.25, 0.3) is 0 Å². The minimum atomic E-state index is -0.227. The van der Waals surface area contributed by atoms with Crippen molar-refractivity contribution in [3.8, 4) is 0 Å². The summed E-state index contributed by atoms with van der Waals surface area (Å²) >= 11 is 0. The molecule has 3 heteroatoms. The average Bonchev–Trinajstić information content (AvgIpc) is 2.23. The Labute approximate surface area is 86.3 Å². The standard InChI is InChI=1S/C12H10O3/c1-7-11(14)9-5-3-4-6-10(9)15-12(7)8(2)13/h3-6H,1-2H3. The quantitative estimate of drug-likeness (QED) is 0.666. The topological polar surface area (TPSA) is 47.3 Å². The molecule has 0 atom stereocenters. The monoisotopic (exact) mass is 202 g/mol. The van der Waals surface area contributed by atoms with E-state index in [9.17, 15) is 9.59 Å². The lowest BCUT2D eigenvalue weighted by Gasteiger charge is -2.02. The van der Waals surface area contributed by atoms with Gasteiger partial charge in [0, 0.05) is 12.5 Å². The van der Waals surface area contributed by atoms with Crippen molar-refractivity contribution in [3.05, 3.63) is 45.8 Å². The molecule has 0 spiro atoms. The fourth-order valence-electron chi connectivity index (χ4n) is 1.57. The molecule has 0 saturated heterocycles. The first-order valence-electron chi connectivity index (χ1n) is 4.64. The zero-order valence-electron chi connectivity index (χ0n) is 8.53. The van der Waals surface area contributed by atoms with E-state index in [1.54, 1.807) is 31.2 Å². The second-order valence-corrected chi connectivity index (χ2v) is 3.44. The van der Waals surface area contributed by atoms with Gasteiger partial charge in [-0.2, -0.15) is 0 Å². The summed E-state index contributed by atoms with van der Waals surface area (Å²) in [5.74, 6) is -0.0750. The van der Waals surface area contributed by atoms with E-state index in [0.717, 1.165) is 0 Å². The molecule has 0 aliphatic rings. The Morgan fingerprint density at radius 3 is 2.60 bits per heavy atom. The normalized spacial score (nSPS) is 10.5. The molecule has 0 bridgehead atoms. The highest BCUT2D eigenvalue weighted by Gasteiger charge is 2.13. The van der Waals surface area contributed by atoms with Crippen LogP contribution in [0.2, 0.25) is 0 Å². The number of carbonyl (C=O) groups is 1. The molecule has 3 nitrogen and oxygen atoms in total. The van der Waals surface area contributed by atoms with Crippen LogP contribution in [0.1, 0.15) is 23.0 Å². The maximum atomic E-state index is 11.8. The Kier molecular flexibility index (Phi) is 2.15. The summed E-state index contributed by atoms with van der Waals surface area (Å²) in [7, 11) is 0. The third-order valence-corrected chi connectivity index (χ3v) is 2.34. The Morgan fingerprint density at radius 1 is 1.27 bits per heavy atom. The van der Waals surface area contributed by atoms with Gasteiger partial charge in [-0.15, -0.1) is 0 Å². The number of hydrogen-bond acceptors (Lipinski definition) is 3. The van der Waals surface area contributed by atoms with E-state index < -0.39 is 0 Å². The molecule has 0 aliphatic heterocycles. The molecule has 1 aromatic heterocycles. The molecule has 15 heavy (non-hydrogen) atoms. The summed E-state index contributed by atoms with van der Waals surface area (Å²) in [5.41, 5.74) is 0.696. The van der Waals surface area contributed by atoms with Crippen molar-refractivity contribution in [2.24, 2.45) is 0 Å². The lowest BCUT2D eigenvalue weighted by molar-refractivity contribution is 0.0987. The van der Waals surface area contributed by atoms with Crippen molar-refractivity contribution >= 4 is 16.8 Å². The molecule has 2 rings (SSSR count). The Balaban J connectivity index is 2.95. The minimum absolute atomic E-state index is 0.137. The first kappa shape index (κ1) is 9.65. The largest absolute Gasteiger partial charge is 0.452 e. The van der Waals surface area contributed by atoms with Crippen molar-refractivity contribution in [2.75, 3.05) is 0 Å². The number of rotatable bonds is 1. The van der Waals surface area contributed by atoms with E-state index in [-0.39, 0.29) is 17.0 Å². The van der Waals surface area contributed by atoms with E-state index >= 15 is 0 Å². The van der Waals surface area contributed by atoms with Gasteiger partial charge in [-0.05, 0) is 19.1 Å².